The summed E-state index contributed by atoms with van der Waals surface area (Å²) in [6, 6.07) is 5.70. The highest BCUT2D eigenvalue weighted by molar-refractivity contribution is 5.91. The zero-order valence-electron chi connectivity index (χ0n) is 14.5. The Morgan fingerprint density at radius 2 is 1.79 bits per heavy atom. The number of hydrogen-bond donors (Lipinski definition) is 1. The predicted octanol–water partition coefficient (Wildman–Crippen LogP) is 5.50. The van der Waals surface area contributed by atoms with Crippen LogP contribution in [0.15, 0.2) is 42.5 Å². The number of ether oxygens (including phenoxy) is 1. The van der Waals surface area contributed by atoms with E-state index in [2.05, 4.69) is 5.10 Å². The number of carbonyl (C=O) groups excluding carboxylic acids is 1. The average molecular weight is 415 g/mol. The van der Waals surface area contributed by atoms with Gasteiger partial charge >= 0.3 is 12.2 Å². The van der Waals surface area contributed by atoms with Crippen LogP contribution in [0.25, 0.3) is 0 Å². The first-order valence-corrected chi connectivity index (χ1v) is 7.93. The lowest BCUT2D eigenvalue weighted by molar-refractivity contribution is -0.137. The van der Waals surface area contributed by atoms with Gasteiger partial charge in [-0.05, 0) is 37.3 Å². The van der Waals surface area contributed by atoms with Crippen LogP contribution in [0, 0.1) is 24.4 Å². The van der Waals surface area contributed by atoms with E-state index in [1.165, 1.54) is 19.1 Å². The maximum atomic E-state index is 13.7. The smallest absolute Gasteiger partial charge is 0.416 e. The number of rotatable bonds is 3. The van der Waals surface area contributed by atoms with E-state index >= 15 is 0 Å². The van der Waals surface area contributed by atoms with Crippen LogP contribution >= 0.6 is 0 Å². The lowest BCUT2D eigenvalue weighted by atomic mass is 10.2. The van der Waals surface area contributed by atoms with Gasteiger partial charge in [-0.3, -0.25) is 0 Å². The SMILES string of the molecule is Cc1cc(Oc2cccc(C(F)(F)F)c2)nn1C(=O)Nc1ccc(F)c(F)c1F. The molecule has 0 saturated heterocycles. The van der Waals surface area contributed by atoms with E-state index in [1.54, 1.807) is 0 Å². The second kappa shape index (κ2) is 7.49. The molecule has 0 aliphatic rings. The van der Waals surface area contributed by atoms with Crippen molar-refractivity contribution in [3.05, 3.63) is 71.2 Å². The molecule has 152 valence electrons. The Bertz CT molecular complexity index is 1080. The van der Waals surface area contributed by atoms with Gasteiger partial charge in [0.25, 0.3) is 0 Å². The van der Waals surface area contributed by atoms with E-state index in [1.807, 2.05) is 5.32 Å². The Morgan fingerprint density at radius 1 is 1.07 bits per heavy atom. The van der Waals surface area contributed by atoms with Gasteiger partial charge in [-0.25, -0.2) is 18.0 Å². The average Bonchev–Trinajstić information content (AvgIpc) is 3.02. The summed E-state index contributed by atoms with van der Waals surface area (Å²) >= 11 is 0. The molecule has 1 heterocycles. The molecule has 2 aromatic carbocycles. The minimum absolute atomic E-state index is 0.170. The van der Waals surface area contributed by atoms with Gasteiger partial charge in [0, 0.05) is 6.07 Å². The molecule has 0 aliphatic carbocycles. The predicted molar refractivity (Wildman–Crippen MR) is 89.2 cm³/mol. The third-order valence-corrected chi connectivity index (χ3v) is 3.72. The van der Waals surface area contributed by atoms with Gasteiger partial charge in [0.05, 0.1) is 16.9 Å². The van der Waals surface area contributed by atoms with Gasteiger partial charge in [-0.2, -0.15) is 17.9 Å². The molecule has 0 fully saturated rings. The van der Waals surface area contributed by atoms with Crippen molar-refractivity contribution in [2.45, 2.75) is 13.1 Å². The number of hydrogen-bond acceptors (Lipinski definition) is 3. The summed E-state index contributed by atoms with van der Waals surface area (Å²) in [5.41, 5.74) is -1.37. The van der Waals surface area contributed by atoms with E-state index in [4.69, 9.17) is 4.74 Å². The minimum Gasteiger partial charge on any atom is -0.438 e. The van der Waals surface area contributed by atoms with Crippen LogP contribution < -0.4 is 10.1 Å². The molecule has 1 N–H and O–H groups in total. The molecule has 0 atom stereocenters. The molecule has 0 unspecified atom stereocenters. The Hall–Kier alpha value is -3.50. The normalized spacial score (nSPS) is 11.4. The highest BCUT2D eigenvalue weighted by Crippen LogP contribution is 2.32. The van der Waals surface area contributed by atoms with Gasteiger partial charge in [0.15, 0.2) is 17.5 Å². The van der Waals surface area contributed by atoms with Crippen LogP contribution in [-0.2, 0) is 6.18 Å². The lowest BCUT2D eigenvalue weighted by Crippen LogP contribution is -2.22. The standard InChI is InChI=1S/C18H11F6N3O2/c1-9-7-14(29-11-4-2-3-10(8-11)18(22,23)24)26-27(9)17(28)25-13-6-5-12(19)15(20)16(13)21/h2-8H,1H3,(H,25,28). The van der Waals surface area contributed by atoms with E-state index in [0.717, 1.165) is 28.9 Å². The molecular formula is C18H11F6N3O2. The summed E-state index contributed by atoms with van der Waals surface area (Å²) in [5.74, 6) is -5.15. The minimum atomic E-state index is -4.57. The Balaban J connectivity index is 1.80. The summed E-state index contributed by atoms with van der Waals surface area (Å²) in [6.07, 6.45) is -4.57. The second-order valence-electron chi connectivity index (χ2n) is 5.82. The molecule has 0 spiro atoms. The molecular weight excluding hydrogens is 404 g/mol. The molecule has 11 heteroatoms. The largest absolute Gasteiger partial charge is 0.438 e. The third-order valence-electron chi connectivity index (χ3n) is 3.72. The molecule has 3 aromatic rings. The fraction of sp³-hybridized carbons (Fsp3) is 0.111. The lowest BCUT2D eigenvalue weighted by Gasteiger charge is -2.09. The van der Waals surface area contributed by atoms with Crippen molar-refractivity contribution in [1.29, 1.82) is 0 Å². The number of benzene rings is 2. The van der Waals surface area contributed by atoms with Crippen molar-refractivity contribution in [3.63, 3.8) is 0 Å². The topological polar surface area (TPSA) is 56.2 Å². The van der Waals surface area contributed by atoms with Gasteiger partial charge in [0.2, 0.25) is 5.88 Å². The summed E-state index contributed by atoms with van der Waals surface area (Å²) < 4.78 is 84.2. The number of nitrogens with zero attached hydrogens (tertiary/aromatic N) is 2. The van der Waals surface area contributed by atoms with Crippen LogP contribution in [0.5, 0.6) is 11.6 Å². The molecule has 0 radical (unpaired) electrons. The fourth-order valence-electron chi connectivity index (χ4n) is 2.35. The van der Waals surface area contributed by atoms with Crippen molar-refractivity contribution < 1.29 is 35.9 Å². The molecule has 0 aliphatic heterocycles. The molecule has 5 nitrogen and oxygen atoms in total. The quantitative estimate of drug-likeness (QED) is 0.454. The van der Waals surface area contributed by atoms with Gasteiger partial charge < -0.3 is 10.1 Å². The summed E-state index contributed by atoms with van der Waals surface area (Å²) in [6.45, 7) is 1.42. The molecule has 1 aromatic heterocycles. The number of nitrogens with one attached hydrogen (secondary N) is 1. The molecule has 0 saturated carbocycles. The summed E-state index contributed by atoms with van der Waals surface area (Å²) in [7, 11) is 0. The van der Waals surface area contributed by atoms with Crippen LogP contribution in [0.1, 0.15) is 11.3 Å². The van der Waals surface area contributed by atoms with Crippen molar-refractivity contribution in [2.75, 3.05) is 5.32 Å². The van der Waals surface area contributed by atoms with E-state index in [-0.39, 0.29) is 17.3 Å². The number of aryl methyl sites for hydroxylation is 1. The fourth-order valence-corrected chi connectivity index (χ4v) is 2.35. The number of alkyl halides is 3. The first kappa shape index (κ1) is 20.2. The maximum Gasteiger partial charge on any atom is 0.416 e. The Morgan fingerprint density at radius 3 is 2.48 bits per heavy atom. The van der Waals surface area contributed by atoms with Gasteiger partial charge in [-0.15, -0.1) is 5.10 Å². The molecule has 1 amide bonds. The van der Waals surface area contributed by atoms with Crippen LogP contribution in [0.4, 0.5) is 36.8 Å². The number of carbonyl (C=O) groups is 1. The monoisotopic (exact) mass is 415 g/mol. The van der Waals surface area contributed by atoms with Crippen LogP contribution in [-0.4, -0.2) is 15.8 Å². The Kier molecular flexibility index (Phi) is 5.23. The zero-order chi connectivity index (χ0) is 21.3. The van der Waals surface area contributed by atoms with Crippen LogP contribution in [0.2, 0.25) is 0 Å². The first-order chi connectivity index (χ1) is 13.6. The summed E-state index contributed by atoms with van der Waals surface area (Å²) in [4.78, 5) is 12.2. The highest BCUT2D eigenvalue weighted by Gasteiger charge is 2.30. The Labute approximate surface area is 159 Å². The van der Waals surface area contributed by atoms with Gasteiger partial charge in [-0.1, -0.05) is 6.07 Å². The van der Waals surface area contributed by atoms with Crippen molar-refractivity contribution in [1.82, 2.24) is 9.78 Å². The van der Waals surface area contributed by atoms with E-state index in [0.29, 0.717) is 6.07 Å². The van der Waals surface area contributed by atoms with E-state index < -0.39 is 40.9 Å². The van der Waals surface area contributed by atoms with Crippen molar-refractivity contribution >= 4 is 11.7 Å². The van der Waals surface area contributed by atoms with Crippen LogP contribution in [0.3, 0.4) is 0 Å². The first-order valence-electron chi connectivity index (χ1n) is 7.93. The summed E-state index contributed by atoms with van der Waals surface area (Å²) in [5, 5.41) is 5.79. The van der Waals surface area contributed by atoms with Crippen molar-refractivity contribution in [3.8, 4) is 11.6 Å². The number of aromatic nitrogens is 2. The number of halogens is 6. The molecule has 29 heavy (non-hydrogen) atoms. The maximum absolute atomic E-state index is 13.7. The number of amides is 1. The van der Waals surface area contributed by atoms with Gasteiger partial charge in [0.1, 0.15) is 5.75 Å². The van der Waals surface area contributed by atoms with E-state index in [9.17, 15) is 31.1 Å². The number of anilines is 1. The van der Waals surface area contributed by atoms with Crippen molar-refractivity contribution in [2.24, 2.45) is 0 Å². The highest BCUT2D eigenvalue weighted by atomic mass is 19.4. The second-order valence-corrected chi connectivity index (χ2v) is 5.82. The molecule has 3 rings (SSSR count). The molecule has 0 bridgehead atoms. The zero-order valence-corrected chi connectivity index (χ0v) is 14.5. The third kappa shape index (κ3) is 4.33.